The standard InChI is InChI=1S/C11H11NO5/c1-6(11(14)15)12-10(13)7-3-2-4-8-9(7)17-5-16-8/h2-4,6H,5H2,1H3,(H,12,13)(H,14,15)/t6-/m1/s1. The molecule has 0 spiro atoms. The van der Waals surface area contributed by atoms with Gasteiger partial charge in [-0.1, -0.05) is 6.07 Å². The van der Waals surface area contributed by atoms with E-state index in [1.165, 1.54) is 6.92 Å². The predicted octanol–water partition coefficient (Wildman–Crippen LogP) is 0.618. The number of benzene rings is 1. The Balaban J connectivity index is 2.20. The Hall–Kier alpha value is -2.24. The molecule has 6 heteroatoms. The minimum absolute atomic E-state index is 0.0636. The van der Waals surface area contributed by atoms with Gasteiger partial charge in [0.2, 0.25) is 6.79 Å². The lowest BCUT2D eigenvalue weighted by Crippen LogP contribution is -2.38. The molecule has 1 aliphatic rings. The van der Waals surface area contributed by atoms with E-state index >= 15 is 0 Å². The maximum Gasteiger partial charge on any atom is 0.325 e. The molecule has 0 saturated heterocycles. The number of nitrogens with one attached hydrogen (secondary N) is 1. The van der Waals surface area contributed by atoms with Gasteiger partial charge in [-0.05, 0) is 19.1 Å². The minimum atomic E-state index is -1.09. The number of carboxylic acid groups (broad SMARTS) is 1. The zero-order valence-electron chi connectivity index (χ0n) is 9.10. The Morgan fingerprint density at radius 2 is 2.18 bits per heavy atom. The maximum atomic E-state index is 11.8. The van der Waals surface area contributed by atoms with Crippen molar-refractivity contribution in [2.45, 2.75) is 13.0 Å². The molecule has 1 atom stereocenters. The van der Waals surface area contributed by atoms with Crippen LogP contribution in [0.25, 0.3) is 0 Å². The summed E-state index contributed by atoms with van der Waals surface area (Å²) in [6.07, 6.45) is 0. The van der Waals surface area contributed by atoms with Crippen molar-refractivity contribution in [3.05, 3.63) is 23.8 Å². The fraction of sp³-hybridized carbons (Fsp3) is 0.273. The van der Waals surface area contributed by atoms with Gasteiger partial charge in [0.15, 0.2) is 11.5 Å². The van der Waals surface area contributed by atoms with Gasteiger partial charge in [0, 0.05) is 0 Å². The topological polar surface area (TPSA) is 84.9 Å². The zero-order valence-corrected chi connectivity index (χ0v) is 9.10. The monoisotopic (exact) mass is 237 g/mol. The summed E-state index contributed by atoms with van der Waals surface area (Å²) >= 11 is 0. The van der Waals surface area contributed by atoms with Crippen LogP contribution in [0.3, 0.4) is 0 Å². The van der Waals surface area contributed by atoms with Gasteiger partial charge in [0.05, 0.1) is 5.56 Å². The van der Waals surface area contributed by atoms with E-state index in [0.717, 1.165) is 0 Å². The molecule has 1 aromatic rings. The van der Waals surface area contributed by atoms with Crippen molar-refractivity contribution >= 4 is 11.9 Å². The van der Waals surface area contributed by atoms with Gasteiger partial charge in [0.25, 0.3) is 5.91 Å². The second-order valence-electron chi connectivity index (χ2n) is 3.57. The number of carbonyl (C=O) groups excluding carboxylic acids is 1. The first-order chi connectivity index (χ1) is 8.09. The highest BCUT2D eigenvalue weighted by Gasteiger charge is 2.23. The number of carbonyl (C=O) groups is 2. The average molecular weight is 237 g/mol. The number of fused-ring (bicyclic) bond motifs is 1. The van der Waals surface area contributed by atoms with E-state index in [1.807, 2.05) is 0 Å². The van der Waals surface area contributed by atoms with E-state index in [0.29, 0.717) is 11.5 Å². The molecule has 1 amide bonds. The summed E-state index contributed by atoms with van der Waals surface area (Å²) in [4.78, 5) is 22.4. The van der Waals surface area contributed by atoms with Gasteiger partial charge in [0.1, 0.15) is 6.04 Å². The van der Waals surface area contributed by atoms with E-state index in [4.69, 9.17) is 14.6 Å². The molecular weight excluding hydrogens is 226 g/mol. The summed E-state index contributed by atoms with van der Waals surface area (Å²) < 4.78 is 10.3. The first-order valence-electron chi connectivity index (χ1n) is 5.02. The Morgan fingerprint density at radius 3 is 2.88 bits per heavy atom. The molecule has 6 nitrogen and oxygen atoms in total. The molecule has 0 aliphatic carbocycles. The van der Waals surface area contributed by atoms with Crippen LogP contribution in [0.5, 0.6) is 11.5 Å². The second-order valence-corrected chi connectivity index (χ2v) is 3.57. The lowest BCUT2D eigenvalue weighted by atomic mass is 10.1. The first-order valence-corrected chi connectivity index (χ1v) is 5.02. The second kappa shape index (κ2) is 4.32. The van der Waals surface area contributed by atoms with Crippen molar-refractivity contribution in [1.82, 2.24) is 5.32 Å². The molecule has 1 aliphatic heterocycles. The molecule has 0 saturated carbocycles. The van der Waals surface area contributed by atoms with Crippen LogP contribution < -0.4 is 14.8 Å². The van der Waals surface area contributed by atoms with Crippen LogP contribution in [0, 0.1) is 0 Å². The predicted molar refractivity (Wildman–Crippen MR) is 57.1 cm³/mol. The van der Waals surface area contributed by atoms with Gasteiger partial charge in [-0.15, -0.1) is 0 Å². The molecule has 0 fully saturated rings. The highest BCUT2D eigenvalue weighted by atomic mass is 16.7. The molecule has 2 rings (SSSR count). The number of hydrogen-bond acceptors (Lipinski definition) is 4. The number of amides is 1. The number of ether oxygens (including phenoxy) is 2. The van der Waals surface area contributed by atoms with Crippen LogP contribution in [-0.2, 0) is 4.79 Å². The lowest BCUT2D eigenvalue weighted by molar-refractivity contribution is -0.138. The summed E-state index contributed by atoms with van der Waals surface area (Å²) in [5, 5.41) is 11.1. The van der Waals surface area contributed by atoms with E-state index in [1.54, 1.807) is 18.2 Å². The number of rotatable bonds is 3. The Bertz CT molecular complexity index is 471. The first kappa shape index (κ1) is 11.3. The number of aliphatic carboxylic acids is 1. The van der Waals surface area contributed by atoms with Gasteiger partial charge >= 0.3 is 5.97 Å². The summed E-state index contributed by atoms with van der Waals surface area (Å²) in [6.45, 7) is 1.45. The fourth-order valence-electron chi connectivity index (χ4n) is 1.45. The van der Waals surface area contributed by atoms with Crippen molar-refractivity contribution in [3.63, 3.8) is 0 Å². The van der Waals surface area contributed by atoms with Crippen molar-refractivity contribution in [2.75, 3.05) is 6.79 Å². The zero-order chi connectivity index (χ0) is 12.4. The molecule has 0 bridgehead atoms. The molecule has 17 heavy (non-hydrogen) atoms. The largest absolute Gasteiger partial charge is 0.480 e. The van der Waals surface area contributed by atoms with E-state index < -0.39 is 17.9 Å². The summed E-state index contributed by atoms with van der Waals surface area (Å²) in [6, 6.07) is 3.92. The third kappa shape index (κ3) is 2.15. The van der Waals surface area contributed by atoms with E-state index in [-0.39, 0.29) is 12.4 Å². The van der Waals surface area contributed by atoms with Crippen molar-refractivity contribution in [1.29, 1.82) is 0 Å². The minimum Gasteiger partial charge on any atom is -0.480 e. The van der Waals surface area contributed by atoms with Gasteiger partial charge in [-0.3, -0.25) is 9.59 Å². The summed E-state index contributed by atoms with van der Waals surface area (Å²) in [5.41, 5.74) is 0.271. The quantitative estimate of drug-likeness (QED) is 0.804. The van der Waals surface area contributed by atoms with Gasteiger partial charge in [-0.25, -0.2) is 0 Å². The Kier molecular flexibility index (Phi) is 2.86. The van der Waals surface area contributed by atoms with E-state index in [2.05, 4.69) is 5.32 Å². The molecule has 0 unspecified atom stereocenters. The number of carboxylic acids is 1. The maximum absolute atomic E-state index is 11.8. The molecule has 1 heterocycles. The molecule has 1 aromatic carbocycles. The number of para-hydroxylation sites is 1. The van der Waals surface area contributed by atoms with Crippen LogP contribution in [0.15, 0.2) is 18.2 Å². The van der Waals surface area contributed by atoms with Crippen molar-refractivity contribution in [3.8, 4) is 11.5 Å². The Labute approximate surface area is 97.1 Å². The highest BCUT2D eigenvalue weighted by Crippen LogP contribution is 2.35. The van der Waals surface area contributed by atoms with Crippen LogP contribution in [0.1, 0.15) is 17.3 Å². The van der Waals surface area contributed by atoms with E-state index in [9.17, 15) is 9.59 Å². The third-order valence-electron chi connectivity index (χ3n) is 2.36. The molecular formula is C11H11NO5. The molecule has 2 N–H and O–H groups in total. The third-order valence-corrected chi connectivity index (χ3v) is 2.36. The van der Waals surface area contributed by atoms with Crippen LogP contribution in [0.4, 0.5) is 0 Å². The fourth-order valence-corrected chi connectivity index (χ4v) is 1.45. The van der Waals surface area contributed by atoms with Crippen LogP contribution in [0.2, 0.25) is 0 Å². The SMILES string of the molecule is C[C@@H](NC(=O)c1cccc2c1OCO2)C(=O)O. The average Bonchev–Trinajstić information content (AvgIpc) is 2.76. The number of hydrogen-bond donors (Lipinski definition) is 2. The van der Waals surface area contributed by atoms with Crippen molar-refractivity contribution < 1.29 is 24.2 Å². The lowest BCUT2D eigenvalue weighted by Gasteiger charge is -2.10. The van der Waals surface area contributed by atoms with Crippen LogP contribution in [-0.4, -0.2) is 29.8 Å². The molecule has 90 valence electrons. The Morgan fingerprint density at radius 1 is 1.41 bits per heavy atom. The summed E-state index contributed by atoms with van der Waals surface area (Å²) in [7, 11) is 0. The van der Waals surface area contributed by atoms with Crippen LogP contribution >= 0.6 is 0 Å². The van der Waals surface area contributed by atoms with Gasteiger partial charge < -0.3 is 19.9 Å². The van der Waals surface area contributed by atoms with Gasteiger partial charge in [-0.2, -0.15) is 0 Å². The molecule has 0 radical (unpaired) electrons. The summed E-state index contributed by atoms with van der Waals surface area (Å²) in [5.74, 6) is -0.756. The highest BCUT2D eigenvalue weighted by molar-refractivity contribution is 5.99. The smallest absolute Gasteiger partial charge is 0.325 e. The normalized spacial score (nSPS) is 14.2. The molecule has 0 aromatic heterocycles. The van der Waals surface area contributed by atoms with Crippen molar-refractivity contribution in [2.24, 2.45) is 0 Å².